The van der Waals surface area contributed by atoms with Gasteiger partial charge in [-0.3, -0.25) is 4.98 Å². The van der Waals surface area contributed by atoms with Crippen molar-refractivity contribution in [2.24, 2.45) is 0 Å². The van der Waals surface area contributed by atoms with Crippen molar-refractivity contribution in [1.29, 1.82) is 0 Å². The fraction of sp³-hybridized carbons (Fsp3) is 0.462. The topological polar surface area (TPSA) is 22.1 Å². The average molecular weight is 205 g/mol. The van der Waals surface area contributed by atoms with E-state index < -0.39 is 0 Å². The maximum Gasteiger partial charge on any atom is 0.0928 e. The lowest BCUT2D eigenvalue weighted by Crippen LogP contribution is -2.16. The molecule has 0 saturated heterocycles. The monoisotopic (exact) mass is 205 g/mol. The van der Waals surface area contributed by atoms with Gasteiger partial charge in [0, 0.05) is 23.7 Å². The zero-order valence-electron chi connectivity index (χ0n) is 10.0. The van der Waals surface area contributed by atoms with Crippen LogP contribution in [0.1, 0.15) is 32.0 Å². The quantitative estimate of drug-likeness (QED) is 0.707. The van der Waals surface area contributed by atoms with E-state index in [1.165, 1.54) is 5.56 Å². The molecule has 82 valence electrons. The first-order valence-electron chi connectivity index (χ1n) is 5.11. The third-order valence-electron chi connectivity index (χ3n) is 2.28. The molecule has 0 amide bonds. The fourth-order valence-corrected chi connectivity index (χ4v) is 1.54. The second-order valence-electron chi connectivity index (χ2n) is 4.68. The average Bonchev–Trinajstić information content (AvgIpc) is 2.17. The van der Waals surface area contributed by atoms with Gasteiger partial charge in [-0.25, -0.2) is 0 Å². The third-order valence-corrected chi connectivity index (χ3v) is 2.28. The van der Waals surface area contributed by atoms with Crippen molar-refractivity contribution < 1.29 is 4.74 Å². The van der Waals surface area contributed by atoms with Crippen LogP contribution in [-0.2, 0) is 16.6 Å². The van der Waals surface area contributed by atoms with Gasteiger partial charge in [0.15, 0.2) is 0 Å². The molecule has 1 heterocycles. The van der Waals surface area contributed by atoms with Gasteiger partial charge in [-0.15, -0.1) is 0 Å². The smallest absolute Gasteiger partial charge is 0.0928 e. The summed E-state index contributed by atoms with van der Waals surface area (Å²) in [5.41, 5.74) is 2.37. The van der Waals surface area contributed by atoms with Crippen molar-refractivity contribution in [3.63, 3.8) is 0 Å². The summed E-state index contributed by atoms with van der Waals surface area (Å²) in [6, 6.07) is 4.03. The minimum atomic E-state index is 0.0601. The van der Waals surface area contributed by atoms with Crippen LogP contribution in [-0.4, -0.2) is 12.1 Å². The van der Waals surface area contributed by atoms with Crippen LogP contribution in [0.5, 0.6) is 0 Å². The van der Waals surface area contributed by atoms with Crippen LogP contribution in [0.15, 0.2) is 30.7 Å². The van der Waals surface area contributed by atoms with E-state index in [0.29, 0.717) is 0 Å². The largest absolute Gasteiger partial charge is 0.501 e. The number of allylic oxidation sites excluding steroid dienone is 1. The molecule has 0 aliphatic heterocycles. The summed E-state index contributed by atoms with van der Waals surface area (Å²) in [5, 5.41) is 0. The van der Waals surface area contributed by atoms with Crippen molar-refractivity contribution in [3.8, 4) is 0 Å². The predicted molar refractivity (Wildman–Crippen MR) is 62.8 cm³/mol. The molecular formula is C13H19NO. The zero-order valence-corrected chi connectivity index (χ0v) is 10.0. The Morgan fingerprint density at radius 1 is 1.47 bits per heavy atom. The Morgan fingerprint density at radius 2 is 2.13 bits per heavy atom. The van der Waals surface area contributed by atoms with E-state index in [0.717, 1.165) is 17.9 Å². The van der Waals surface area contributed by atoms with Crippen LogP contribution in [0.25, 0.3) is 0 Å². The number of methoxy groups -OCH3 is 1. The molecule has 0 aromatic carbocycles. The minimum Gasteiger partial charge on any atom is -0.501 e. The maximum atomic E-state index is 5.10. The standard InChI is InChI=1S/C13H19NO/c1-10(15-5)9-11-7-6-8-14-12(11)13(2,3)4/h6-8H,1,9H2,2-5H3. The molecule has 0 N–H and O–H groups in total. The second kappa shape index (κ2) is 4.47. The van der Waals surface area contributed by atoms with Gasteiger partial charge in [-0.2, -0.15) is 0 Å². The van der Waals surface area contributed by atoms with E-state index in [4.69, 9.17) is 4.74 Å². The first-order chi connectivity index (χ1) is 6.95. The van der Waals surface area contributed by atoms with Crippen molar-refractivity contribution >= 4 is 0 Å². The highest BCUT2D eigenvalue weighted by Crippen LogP contribution is 2.24. The molecule has 0 bridgehead atoms. The van der Waals surface area contributed by atoms with Crippen LogP contribution < -0.4 is 0 Å². The van der Waals surface area contributed by atoms with Gasteiger partial charge in [-0.05, 0) is 11.6 Å². The van der Waals surface area contributed by atoms with Crippen molar-refractivity contribution in [2.75, 3.05) is 7.11 Å². The second-order valence-corrected chi connectivity index (χ2v) is 4.68. The molecular weight excluding hydrogens is 186 g/mol. The lowest BCUT2D eigenvalue weighted by Gasteiger charge is -2.21. The molecule has 0 aliphatic carbocycles. The van der Waals surface area contributed by atoms with Gasteiger partial charge in [0.2, 0.25) is 0 Å². The molecule has 15 heavy (non-hydrogen) atoms. The zero-order chi connectivity index (χ0) is 11.5. The van der Waals surface area contributed by atoms with Gasteiger partial charge < -0.3 is 4.74 Å². The van der Waals surface area contributed by atoms with Gasteiger partial charge in [-0.1, -0.05) is 33.4 Å². The summed E-state index contributed by atoms with van der Waals surface area (Å²) in [5.74, 6) is 0.772. The number of hydrogen-bond donors (Lipinski definition) is 0. The van der Waals surface area contributed by atoms with Crippen LogP contribution >= 0.6 is 0 Å². The van der Waals surface area contributed by atoms with E-state index in [2.05, 4.69) is 38.4 Å². The minimum absolute atomic E-state index is 0.0601. The highest BCUT2D eigenvalue weighted by molar-refractivity contribution is 5.28. The molecule has 0 radical (unpaired) electrons. The van der Waals surface area contributed by atoms with Gasteiger partial charge in [0.25, 0.3) is 0 Å². The van der Waals surface area contributed by atoms with Crippen LogP contribution in [0.2, 0.25) is 0 Å². The lowest BCUT2D eigenvalue weighted by molar-refractivity contribution is 0.284. The molecule has 0 spiro atoms. The van der Waals surface area contributed by atoms with Gasteiger partial charge >= 0.3 is 0 Å². The number of nitrogens with zero attached hydrogens (tertiary/aromatic N) is 1. The Kier molecular flexibility index (Phi) is 3.51. The Balaban J connectivity index is 3.02. The SMILES string of the molecule is C=C(Cc1cccnc1C(C)(C)C)OC. The number of hydrogen-bond acceptors (Lipinski definition) is 2. The van der Waals surface area contributed by atoms with Crippen LogP contribution in [0.3, 0.4) is 0 Å². The lowest BCUT2D eigenvalue weighted by atomic mass is 9.87. The molecule has 0 saturated carbocycles. The Labute approximate surface area is 92.0 Å². The van der Waals surface area contributed by atoms with E-state index in [1.54, 1.807) is 7.11 Å². The van der Waals surface area contributed by atoms with E-state index in [9.17, 15) is 0 Å². The van der Waals surface area contributed by atoms with Crippen molar-refractivity contribution in [3.05, 3.63) is 41.9 Å². The maximum absolute atomic E-state index is 5.10. The van der Waals surface area contributed by atoms with E-state index in [1.807, 2.05) is 12.3 Å². The summed E-state index contributed by atoms with van der Waals surface area (Å²) in [6.07, 6.45) is 2.57. The van der Waals surface area contributed by atoms with Crippen molar-refractivity contribution in [1.82, 2.24) is 4.98 Å². The first-order valence-corrected chi connectivity index (χ1v) is 5.11. The predicted octanol–water partition coefficient (Wildman–Crippen LogP) is 3.08. The van der Waals surface area contributed by atoms with Crippen LogP contribution in [0, 0.1) is 0 Å². The third kappa shape index (κ3) is 3.08. The molecule has 1 rings (SSSR count). The first kappa shape index (κ1) is 11.8. The molecule has 1 aromatic rings. The number of aromatic nitrogens is 1. The molecule has 2 nitrogen and oxygen atoms in total. The highest BCUT2D eigenvalue weighted by Gasteiger charge is 2.19. The van der Waals surface area contributed by atoms with Crippen LogP contribution in [0.4, 0.5) is 0 Å². The number of rotatable bonds is 3. The Morgan fingerprint density at radius 3 is 2.67 bits per heavy atom. The molecule has 2 heteroatoms. The summed E-state index contributed by atoms with van der Waals surface area (Å²) in [7, 11) is 1.65. The summed E-state index contributed by atoms with van der Waals surface area (Å²) < 4.78 is 5.10. The number of ether oxygens (including phenoxy) is 1. The van der Waals surface area contributed by atoms with Crippen molar-refractivity contribution in [2.45, 2.75) is 32.6 Å². The Bertz CT molecular complexity index is 350. The normalized spacial score (nSPS) is 11.2. The van der Waals surface area contributed by atoms with Gasteiger partial charge in [0.05, 0.1) is 12.9 Å². The highest BCUT2D eigenvalue weighted by atomic mass is 16.5. The van der Waals surface area contributed by atoms with E-state index >= 15 is 0 Å². The van der Waals surface area contributed by atoms with E-state index in [-0.39, 0.29) is 5.41 Å². The summed E-state index contributed by atoms with van der Waals surface area (Å²) in [4.78, 5) is 4.44. The molecule has 0 aliphatic rings. The molecule has 1 aromatic heterocycles. The fourth-order valence-electron chi connectivity index (χ4n) is 1.54. The molecule has 0 fully saturated rings. The summed E-state index contributed by atoms with van der Waals surface area (Å²) in [6.45, 7) is 10.3. The number of pyridine rings is 1. The Hall–Kier alpha value is -1.31. The molecule has 0 unspecified atom stereocenters. The molecule has 0 atom stereocenters. The summed E-state index contributed by atoms with van der Waals surface area (Å²) >= 11 is 0. The van der Waals surface area contributed by atoms with Gasteiger partial charge in [0.1, 0.15) is 0 Å².